The summed E-state index contributed by atoms with van der Waals surface area (Å²) in [5, 5.41) is 0.990. The van der Waals surface area contributed by atoms with Gasteiger partial charge in [-0.2, -0.15) is 13.2 Å². The van der Waals surface area contributed by atoms with Crippen LogP contribution in [0.5, 0.6) is 0 Å². The fraction of sp³-hybridized carbons (Fsp3) is 0.471. The molecule has 5 nitrogen and oxygen atoms in total. The van der Waals surface area contributed by atoms with Crippen molar-refractivity contribution in [3.05, 3.63) is 23.7 Å². The van der Waals surface area contributed by atoms with Crippen LogP contribution in [0.4, 0.5) is 13.2 Å². The monoisotopic (exact) mass is 381 g/mol. The molecule has 0 amide bonds. The van der Waals surface area contributed by atoms with Crippen LogP contribution < -0.4 is 0 Å². The molecule has 1 aliphatic rings. The van der Waals surface area contributed by atoms with Gasteiger partial charge in [0, 0.05) is 26.2 Å². The molecule has 0 atom stereocenters. The number of nitrogens with zero attached hydrogens (tertiary/aromatic N) is 5. The van der Waals surface area contributed by atoms with E-state index in [4.69, 9.17) is 4.98 Å². The first-order chi connectivity index (χ1) is 12.3. The zero-order valence-corrected chi connectivity index (χ0v) is 15.4. The molecular weight excluding hydrogens is 363 g/mol. The maximum absolute atomic E-state index is 13.0. The van der Waals surface area contributed by atoms with Crippen molar-refractivity contribution in [3.8, 4) is 11.5 Å². The molecule has 0 bridgehead atoms. The van der Waals surface area contributed by atoms with Crippen LogP contribution in [0.15, 0.2) is 17.3 Å². The Morgan fingerprint density at radius 2 is 1.92 bits per heavy atom. The summed E-state index contributed by atoms with van der Waals surface area (Å²) in [5.74, 6) is 2.91. The van der Waals surface area contributed by atoms with E-state index in [1.165, 1.54) is 0 Å². The molecule has 3 aromatic heterocycles. The third-order valence-electron chi connectivity index (χ3n) is 4.55. The van der Waals surface area contributed by atoms with Crippen molar-refractivity contribution in [1.82, 2.24) is 24.1 Å². The molecule has 4 rings (SSSR count). The molecule has 0 aliphatic heterocycles. The van der Waals surface area contributed by atoms with E-state index < -0.39 is 11.7 Å². The Bertz CT molecular complexity index is 985. The SMILES string of the molecule is CCSc1c(-c2nc3cc(C(F)(F)F)cnc3n2C)nc(C2CC2)n1C. The minimum atomic E-state index is -4.44. The van der Waals surface area contributed by atoms with Gasteiger partial charge in [-0.1, -0.05) is 6.92 Å². The fourth-order valence-electron chi connectivity index (χ4n) is 3.10. The largest absolute Gasteiger partial charge is 0.417 e. The van der Waals surface area contributed by atoms with E-state index in [9.17, 15) is 13.2 Å². The van der Waals surface area contributed by atoms with Crippen LogP contribution in [0, 0.1) is 0 Å². The number of thioether (sulfide) groups is 1. The quantitative estimate of drug-likeness (QED) is 0.630. The number of aryl methyl sites for hydroxylation is 1. The molecule has 0 spiro atoms. The summed E-state index contributed by atoms with van der Waals surface area (Å²) in [4.78, 5) is 13.2. The summed E-state index contributed by atoms with van der Waals surface area (Å²) in [6.45, 7) is 2.06. The van der Waals surface area contributed by atoms with E-state index in [2.05, 4.69) is 21.5 Å². The van der Waals surface area contributed by atoms with Gasteiger partial charge in [-0.15, -0.1) is 11.8 Å². The second-order valence-corrected chi connectivity index (χ2v) is 7.70. The van der Waals surface area contributed by atoms with Gasteiger partial charge in [-0.3, -0.25) is 0 Å². The Kier molecular flexibility index (Phi) is 4.02. The zero-order valence-electron chi connectivity index (χ0n) is 14.6. The smallest absolute Gasteiger partial charge is 0.325 e. The molecule has 1 fully saturated rings. The lowest BCUT2D eigenvalue weighted by Gasteiger charge is -2.05. The number of rotatable bonds is 4. The Morgan fingerprint density at radius 1 is 1.19 bits per heavy atom. The number of alkyl halides is 3. The molecule has 0 aromatic carbocycles. The number of halogens is 3. The number of aromatic nitrogens is 5. The van der Waals surface area contributed by atoms with Crippen molar-refractivity contribution >= 4 is 22.9 Å². The second-order valence-electron chi connectivity index (χ2n) is 6.45. The van der Waals surface area contributed by atoms with Gasteiger partial charge in [0.15, 0.2) is 11.5 Å². The van der Waals surface area contributed by atoms with Crippen LogP contribution in [0.1, 0.15) is 37.1 Å². The van der Waals surface area contributed by atoms with Crippen molar-refractivity contribution < 1.29 is 13.2 Å². The normalized spacial score (nSPS) is 15.2. The first kappa shape index (κ1) is 17.4. The van der Waals surface area contributed by atoms with Crippen molar-refractivity contribution in [3.63, 3.8) is 0 Å². The summed E-state index contributed by atoms with van der Waals surface area (Å²) in [6, 6.07) is 1.04. The molecule has 1 saturated carbocycles. The van der Waals surface area contributed by atoms with Gasteiger partial charge in [0.05, 0.1) is 5.56 Å². The minimum absolute atomic E-state index is 0.225. The molecule has 0 N–H and O–H groups in total. The highest BCUT2D eigenvalue weighted by Crippen LogP contribution is 2.43. The van der Waals surface area contributed by atoms with Crippen LogP contribution in [0.2, 0.25) is 0 Å². The standard InChI is InChI=1S/C17H18F3N5S/c1-4-26-16-12(23-13(25(16)3)9-5-6-9)15-22-11-7-10(17(18,19)20)8-21-14(11)24(15)2/h7-9H,4-6H2,1-3H3. The van der Waals surface area contributed by atoms with Crippen LogP contribution in [-0.2, 0) is 20.3 Å². The molecule has 3 aromatic rings. The van der Waals surface area contributed by atoms with Gasteiger partial charge in [0.1, 0.15) is 22.1 Å². The first-order valence-electron chi connectivity index (χ1n) is 8.40. The van der Waals surface area contributed by atoms with E-state index in [1.54, 1.807) is 23.4 Å². The number of hydrogen-bond donors (Lipinski definition) is 0. The predicted octanol–water partition coefficient (Wildman–Crippen LogP) is 4.38. The van der Waals surface area contributed by atoms with Gasteiger partial charge < -0.3 is 9.13 Å². The summed E-state index contributed by atoms with van der Waals surface area (Å²) in [5.41, 5.74) is 0.565. The van der Waals surface area contributed by atoms with Gasteiger partial charge in [-0.25, -0.2) is 15.0 Å². The number of fused-ring (bicyclic) bond motifs is 1. The van der Waals surface area contributed by atoms with Crippen molar-refractivity contribution in [2.24, 2.45) is 14.1 Å². The molecule has 26 heavy (non-hydrogen) atoms. The van der Waals surface area contributed by atoms with Gasteiger partial charge in [0.25, 0.3) is 0 Å². The highest BCUT2D eigenvalue weighted by Gasteiger charge is 2.33. The molecule has 0 unspecified atom stereocenters. The third-order valence-corrected chi connectivity index (χ3v) is 5.58. The number of hydrogen-bond acceptors (Lipinski definition) is 4. The number of imidazole rings is 2. The van der Waals surface area contributed by atoms with E-state index >= 15 is 0 Å². The van der Waals surface area contributed by atoms with Gasteiger partial charge >= 0.3 is 6.18 Å². The molecule has 1 aliphatic carbocycles. The lowest BCUT2D eigenvalue weighted by molar-refractivity contribution is -0.137. The first-order valence-corrected chi connectivity index (χ1v) is 9.39. The van der Waals surface area contributed by atoms with Crippen LogP contribution in [0.25, 0.3) is 22.7 Å². The second kappa shape index (κ2) is 6.00. The highest BCUT2D eigenvalue weighted by atomic mass is 32.2. The molecule has 0 saturated heterocycles. The van der Waals surface area contributed by atoms with Crippen molar-refractivity contribution in [2.45, 2.75) is 36.9 Å². The molecule has 3 heterocycles. The van der Waals surface area contributed by atoms with E-state index in [1.807, 2.05) is 7.05 Å². The van der Waals surface area contributed by atoms with Gasteiger partial charge in [0.2, 0.25) is 0 Å². The third kappa shape index (κ3) is 2.78. The fourth-order valence-corrected chi connectivity index (χ4v) is 3.93. The topological polar surface area (TPSA) is 48.5 Å². The van der Waals surface area contributed by atoms with E-state index in [0.29, 0.717) is 17.4 Å². The summed E-state index contributed by atoms with van der Waals surface area (Å²) in [7, 11) is 3.75. The average Bonchev–Trinajstić information content (AvgIpc) is 3.31. The Morgan fingerprint density at radius 3 is 2.54 bits per heavy atom. The zero-order chi connectivity index (χ0) is 18.6. The number of pyridine rings is 1. The maximum Gasteiger partial charge on any atom is 0.417 e. The van der Waals surface area contributed by atoms with Crippen LogP contribution in [-0.4, -0.2) is 29.8 Å². The summed E-state index contributed by atoms with van der Waals surface area (Å²) >= 11 is 1.66. The highest BCUT2D eigenvalue weighted by molar-refractivity contribution is 7.99. The Labute approximate surface area is 152 Å². The summed E-state index contributed by atoms with van der Waals surface area (Å²) < 4.78 is 42.7. The van der Waals surface area contributed by atoms with E-state index in [0.717, 1.165) is 47.4 Å². The molecule has 138 valence electrons. The van der Waals surface area contributed by atoms with Crippen LogP contribution in [0.3, 0.4) is 0 Å². The van der Waals surface area contributed by atoms with Crippen molar-refractivity contribution in [1.29, 1.82) is 0 Å². The lowest BCUT2D eigenvalue weighted by Crippen LogP contribution is -2.05. The Balaban J connectivity index is 1.89. The molecule has 9 heteroatoms. The summed E-state index contributed by atoms with van der Waals surface area (Å²) in [6.07, 6.45) is -1.34. The van der Waals surface area contributed by atoms with Crippen molar-refractivity contribution in [2.75, 3.05) is 5.75 Å². The molecule has 0 radical (unpaired) electrons. The maximum atomic E-state index is 13.0. The van der Waals surface area contributed by atoms with E-state index in [-0.39, 0.29) is 5.52 Å². The Hall–Kier alpha value is -2.03. The van der Waals surface area contributed by atoms with Gasteiger partial charge in [-0.05, 0) is 24.7 Å². The average molecular weight is 381 g/mol. The lowest BCUT2D eigenvalue weighted by atomic mass is 10.2. The molecular formula is C17H18F3N5S. The minimum Gasteiger partial charge on any atom is -0.325 e. The predicted molar refractivity (Wildman–Crippen MR) is 94.1 cm³/mol. The van der Waals surface area contributed by atoms with Crippen LogP contribution >= 0.6 is 11.8 Å².